The quantitative estimate of drug-likeness (QED) is 0.748. The number of halogens is 3. The Hall–Kier alpha value is -1.03. The van der Waals surface area contributed by atoms with Crippen molar-refractivity contribution in [2.24, 2.45) is 0 Å². The molecule has 15 heavy (non-hydrogen) atoms. The molecular weight excluding hydrogens is 203 g/mol. The molecule has 1 aromatic rings. The summed E-state index contributed by atoms with van der Waals surface area (Å²) in [6, 6.07) is 9.73. The summed E-state index contributed by atoms with van der Waals surface area (Å²) >= 11 is 0. The van der Waals surface area contributed by atoms with E-state index in [1.807, 2.05) is 30.3 Å². The van der Waals surface area contributed by atoms with Gasteiger partial charge in [0.2, 0.25) is 0 Å². The zero-order chi connectivity index (χ0) is 11.1. The Morgan fingerprint density at radius 2 is 1.73 bits per heavy atom. The van der Waals surface area contributed by atoms with Gasteiger partial charge in [-0.2, -0.15) is 13.2 Å². The molecule has 0 radical (unpaired) electrons. The van der Waals surface area contributed by atoms with Gasteiger partial charge in [-0.25, -0.2) is 0 Å². The summed E-state index contributed by atoms with van der Waals surface area (Å²) in [6.45, 7) is -0.504. The van der Waals surface area contributed by atoms with Crippen LogP contribution in [0.3, 0.4) is 0 Å². The van der Waals surface area contributed by atoms with E-state index in [0.29, 0.717) is 6.54 Å². The van der Waals surface area contributed by atoms with Crippen LogP contribution in [0, 0.1) is 0 Å². The highest BCUT2D eigenvalue weighted by Gasteiger charge is 2.25. The largest absolute Gasteiger partial charge is 0.401 e. The molecule has 0 fully saturated rings. The minimum Gasteiger partial charge on any atom is -0.309 e. The van der Waals surface area contributed by atoms with Gasteiger partial charge in [0.15, 0.2) is 0 Å². The fraction of sp³-hybridized carbons (Fsp3) is 0.455. The highest BCUT2D eigenvalue weighted by Crippen LogP contribution is 2.12. The van der Waals surface area contributed by atoms with E-state index < -0.39 is 12.7 Å². The summed E-state index contributed by atoms with van der Waals surface area (Å²) in [7, 11) is 0. The van der Waals surface area contributed by atoms with Gasteiger partial charge in [0.1, 0.15) is 0 Å². The normalized spacial score (nSPS) is 11.7. The summed E-state index contributed by atoms with van der Waals surface area (Å²) in [6.07, 6.45) is -2.57. The molecule has 1 nitrogen and oxygen atoms in total. The third kappa shape index (κ3) is 6.12. The van der Waals surface area contributed by atoms with Crippen molar-refractivity contribution in [1.29, 1.82) is 0 Å². The van der Waals surface area contributed by atoms with E-state index in [9.17, 15) is 13.2 Å². The van der Waals surface area contributed by atoms with Crippen LogP contribution in [0.2, 0.25) is 0 Å². The van der Waals surface area contributed by atoms with Gasteiger partial charge >= 0.3 is 6.18 Å². The molecule has 4 heteroatoms. The Morgan fingerprint density at radius 3 is 2.33 bits per heavy atom. The lowest BCUT2D eigenvalue weighted by atomic mass is 10.1. The van der Waals surface area contributed by atoms with Crippen LogP contribution < -0.4 is 5.32 Å². The summed E-state index contributed by atoms with van der Waals surface area (Å²) in [5, 5.41) is 2.37. The van der Waals surface area contributed by atoms with Crippen LogP contribution in [-0.2, 0) is 6.42 Å². The predicted octanol–water partition coefficient (Wildman–Crippen LogP) is 2.77. The van der Waals surface area contributed by atoms with Crippen LogP contribution in [0.25, 0.3) is 0 Å². The standard InChI is InChI=1S/C11H14F3N/c12-11(13,14)9-15-8-4-7-10-5-2-1-3-6-10/h1-3,5-6,15H,4,7-9H2. The molecule has 0 spiro atoms. The highest BCUT2D eigenvalue weighted by molar-refractivity contribution is 5.14. The first-order valence-electron chi connectivity index (χ1n) is 4.89. The minimum absolute atomic E-state index is 0.397. The molecule has 0 saturated carbocycles. The zero-order valence-corrected chi connectivity index (χ0v) is 8.35. The van der Waals surface area contributed by atoms with E-state index >= 15 is 0 Å². The van der Waals surface area contributed by atoms with Gasteiger partial charge in [0.05, 0.1) is 6.54 Å². The molecule has 84 valence electrons. The van der Waals surface area contributed by atoms with Crippen LogP contribution in [0.1, 0.15) is 12.0 Å². The first-order valence-corrected chi connectivity index (χ1v) is 4.89. The number of alkyl halides is 3. The maximum absolute atomic E-state index is 11.7. The van der Waals surface area contributed by atoms with Crippen LogP contribution in [0.15, 0.2) is 30.3 Å². The molecule has 0 aliphatic heterocycles. The first-order chi connectivity index (χ1) is 7.08. The van der Waals surface area contributed by atoms with Crippen molar-refractivity contribution in [3.05, 3.63) is 35.9 Å². The van der Waals surface area contributed by atoms with Gasteiger partial charge < -0.3 is 5.32 Å². The molecule has 0 aliphatic carbocycles. The maximum atomic E-state index is 11.7. The summed E-state index contributed by atoms with van der Waals surface area (Å²) in [5.41, 5.74) is 1.16. The maximum Gasteiger partial charge on any atom is 0.401 e. The van der Waals surface area contributed by atoms with Crippen LogP contribution >= 0.6 is 0 Å². The predicted molar refractivity (Wildman–Crippen MR) is 53.7 cm³/mol. The number of benzene rings is 1. The van der Waals surface area contributed by atoms with Gasteiger partial charge in [-0.05, 0) is 24.9 Å². The van der Waals surface area contributed by atoms with Crippen molar-refractivity contribution in [1.82, 2.24) is 5.32 Å². The summed E-state index contributed by atoms with van der Waals surface area (Å²) < 4.78 is 35.2. The van der Waals surface area contributed by atoms with E-state index in [4.69, 9.17) is 0 Å². The fourth-order valence-electron chi connectivity index (χ4n) is 1.29. The van der Waals surface area contributed by atoms with Gasteiger partial charge in [-0.15, -0.1) is 0 Å². The van der Waals surface area contributed by atoms with Gasteiger partial charge in [-0.3, -0.25) is 0 Å². The molecule has 0 aromatic heterocycles. The Balaban J connectivity index is 2.08. The minimum atomic E-state index is -4.10. The van der Waals surface area contributed by atoms with E-state index in [1.165, 1.54) is 0 Å². The lowest BCUT2D eigenvalue weighted by Crippen LogP contribution is -2.29. The van der Waals surface area contributed by atoms with Crippen molar-refractivity contribution in [2.75, 3.05) is 13.1 Å². The van der Waals surface area contributed by atoms with Crippen molar-refractivity contribution in [2.45, 2.75) is 19.0 Å². The number of hydrogen-bond donors (Lipinski definition) is 1. The van der Waals surface area contributed by atoms with Crippen LogP contribution in [0.5, 0.6) is 0 Å². The summed E-state index contributed by atoms with van der Waals surface area (Å²) in [4.78, 5) is 0. The number of aryl methyl sites for hydroxylation is 1. The molecule has 1 rings (SSSR count). The molecule has 0 saturated heterocycles. The number of hydrogen-bond acceptors (Lipinski definition) is 1. The third-order valence-electron chi connectivity index (χ3n) is 1.99. The topological polar surface area (TPSA) is 12.0 Å². The third-order valence-corrected chi connectivity index (χ3v) is 1.99. The highest BCUT2D eigenvalue weighted by atomic mass is 19.4. The van der Waals surface area contributed by atoms with Crippen LogP contribution in [0.4, 0.5) is 13.2 Å². The van der Waals surface area contributed by atoms with Crippen molar-refractivity contribution >= 4 is 0 Å². The average molecular weight is 217 g/mol. The van der Waals surface area contributed by atoms with Crippen molar-refractivity contribution in [3.63, 3.8) is 0 Å². The Morgan fingerprint density at radius 1 is 1.07 bits per heavy atom. The van der Waals surface area contributed by atoms with Crippen molar-refractivity contribution < 1.29 is 13.2 Å². The SMILES string of the molecule is FC(F)(F)CNCCCc1ccccc1. The lowest BCUT2D eigenvalue weighted by molar-refractivity contribution is -0.124. The monoisotopic (exact) mass is 217 g/mol. The molecular formula is C11H14F3N. The molecule has 0 amide bonds. The van der Waals surface area contributed by atoms with Crippen molar-refractivity contribution in [3.8, 4) is 0 Å². The second kappa shape index (κ2) is 5.75. The van der Waals surface area contributed by atoms with E-state index in [2.05, 4.69) is 5.32 Å². The molecule has 0 unspecified atom stereocenters. The molecule has 0 heterocycles. The second-order valence-corrected chi connectivity index (χ2v) is 3.38. The Kier molecular flexibility index (Phi) is 4.62. The second-order valence-electron chi connectivity index (χ2n) is 3.38. The lowest BCUT2D eigenvalue weighted by Gasteiger charge is -2.07. The number of nitrogens with one attached hydrogen (secondary N) is 1. The fourth-order valence-corrected chi connectivity index (χ4v) is 1.29. The van der Waals surface area contributed by atoms with Gasteiger partial charge in [-0.1, -0.05) is 30.3 Å². The Bertz CT molecular complexity index is 269. The molecule has 1 N–H and O–H groups in total. The smallest absolute Gasteiger partial charge is 0.309 e. The first kappa shape index (κ1) is 12.0. The molecule has 1 aromatic carbocycles. The molecule has 0 bridgehead atoms. The Labute approximate surface area is 87.3 Å². The number of rotatable bonds is 5. The average Bonchev–Trinajstić information content (AvgIpc) is 2.17. The van der Waals surface area contributed by atoms with E-state index in [0.717, 1.165) is 18.4 Å². The van der Waals surface area contributed by atoms with E-state index in [1.54, 1.807) is 0 Å². The van der Waals surface area contributed by atoms with E-state index in [-0.39, 0.29) is 0 Å². The summed E-state index contributed by atoms with van der Waals surface area (Å²) in [5.74, 6) is 0. The molecule has 0 aliphatic rings. The van der Waals surface area contributed by atoms with Crippen LogP contribution in [-0.4, -0.2) is 19.3 Å². The molecule has 0 atom stereocenters. The zero-order valence-electron chi connectivity index (χ0n) is 8.35. The van der Waals surface area contributed by atoms with Gasteiger partial charge in [0.25, 0.3) is 0 Å². The van der Waals surface area contributed by atoms with Gasteiger partial charge in [0, 0.05) is 0 Å².